The second-order valence-electron chi connectivity index (χ2n) is 15.0. The molecule has 0 spiro atoms. The van der Waals surface area contributed by atoms with Crippen molar-refractivity contribution in [3.8, 4) is 0 Å². The number of aliphatic hydroxyl groups is 1. The summed E-state index contributed by atoms with van der Waals surface area (Å²) >= 11 is 0. The van der Waals surface area contributed by atoms with Crippen LogP contribution in [0.2, 0.25) is 0 Å². The van der Waals surface area contributed by atoms with E-state index in [1.54, 1.807) is 0 Å². The van der Waals surface area contributed by atoms with Gasteiger partial charge in [-0.3, -0.25) is 9.69 Å². The Labute approximate surface area is 247 Å². The van der Waals surface area contributed by atoms with Gasteiger partial charge in [0.25, 0.3) is 0 Å². The maximum absolute atomic E-state index is 13.0. The van der Waals surface area contributed by atoms with Crippen LogP contribution in [0.15, 0.2) is 0 Å². The van der Waals surface area contributed by atoms with Gasteiger partial charge in [-0.2, -0.15) is 0 Å². The Balaban J connectivity index is 0.00000308. The first-order chi connectivity index (χ1) is 18.2. The first-order valence-electron chi connectivity index (χ1n) is 16.2. The van der Waals surface area contributed by atoms with Gasteiger partial charge in [0.2, 0.25) is 0 Å². The van der Waals surface area contributed by atoms with Crippen LogP contribution in [0.5, 0.6) is 0 Å². The number of morpholine rings is 1. The fourth-order valence-electron chi connectivity index (χ4n) is 11.1. The van der Waals surface area contributed by atoms with Crippen LogP contribution in [0.25, 0.3) is 0 Å². The van der Waals surface area contributed by atoms with Crippen LogP contribution in [0, 0.1) is 34.5 Å². The average molecular weight is 612 g/mol. The highest BCUT2D eigenvalue weighted by Crippen LogP contribution is 2.67. The summed E-state index contributed by atoms with van der Waals surface area (Å²) in [5.41, 5.74) is 0.394. The molecule has 0 aromatic rings. The standard InChI is InChI=1S/C32H55N2O4.BrH/c1-5-8-29(36)38-30-27(34(4)15-6-7-16-34)20-25-23-10-9-22-19-28(35)26(33-13-17-37-18-14-33)21-32(22,3)24(23)11-12-31(25,30)2;/h22-28,30,35H,5-21H2,1-4H3;1H/q+1;/p-1/t22?,23-,24-,25+,26?,27?,28?,30?,31+,32+;/m1./s1. The molecule has 2 aliphatic heterocycles. The fraction of sp³-hybridized carbons (Fsp3) is 0.969. The zero-order chi connectivity index (χ0) is 26.7. The van der Waals surface area contributed by atoms with Crippen LogP contribution in [-0.2, 0) is 14.3 Å². The normalized spacial score (nSPS) is 47.4. The third kappa shape index (κ3) is 5.06. The van der Waals surface area contributed by atoms with Gasteiger partial charge in [-0.25, -0.2) is 0 Å². The molecule has 6 nitrogen and oxygen atoms in total. The Morgan fingerprint density at radius 2 is 1.77 bits per heavy atom. The van der Waals surface area contributed by atoms with Crippen molar-refractivity contribution in [1.82, 2.24) is 4.90 Å². The van der Waals surface area contributed by atoms with Crippen LogP contribution in [0.1, 0.15) is 91.4 Å². The Morgan fingerprint density at radius 3 is 2.46 bits per heavy atom. The van der Waals surface area contributed by atoms with Gasteiger partial charge in [-0.15, -0.1) is 0 Å². The van der Waals surface area contributed by atoms with Crippen molar-refractivity contribution in [3.05, 3.63) is 0 Å². The van der Waals surface area contributed by atoms with Crippen molar-refractivity contribution in [2.24, 2.45) is 34.5 Å². The summed E-state index contributed by atoms with van der Waals surface area (Å²) in [5, 5.41) is 11.3. The first-order valence-corrected chi connectivity index (χ1v) is 16.2. The molecule has 1 N–H and O–H groups in total. The monoisotopic (exact) mass is 610 g/mol. The number of quaternary nitrogens is 1. The van der Waals surface area contributed by atoms with Gasteiger partial charge in [0.05, 0.1) is 39.5 Å². The molecule has 2 heterocycles. The smallest absolute Gasteiger partial charge is 0.306 e. The molecular weight excluding hydrogens is 556 g/mol. The van der Waals surface area contributed by atoms with Gasteiger partial charge in [0, 0.05) is 50.2 Å². The summed E-state index contributed by atoms with van der Waals surface area (Å²) < 4.78 is 13.3. The van der Waals surface area contributed by atoms with Crippen LogP contribution < -0.4 is 17.0 Å². The number of aliphatic hydroxyl groups excluding tert-OH is 1. The molecule has 39 heavy (non-hydrogen) atoms. The maximum Gasteiger partial charge on any atom is 0.306 e. The average Bonchev–Trinajstić information content (AvgIpc) is 3.47. The van der Waals surface area contributed by atoms with Crippen molar-refractivity contribution in [2.45, 2.75) is 116 Å². The molecule has 4 saturated carbocycles. The van der Waals surface area contributed by atoms with E-state index in [2.05, 4.69) is 32.7 Å². The van der Waals surface area contributed by atoms with Crippen molar-refractivity contribution in [1.29, 1.82) is 0 Å². The van der Waals surface area contributed by atoms with E-state index in [0.717, 1.165) is 61.9 Å². The van der Waals surface area contributed by atoms with Crippen molar-refractivity contribution < 1.29 is 40.8 Å². The summed E-state index contributed by atoms with van der Waals surface area (Å²) in [6, 6.07) is 0.729. The molecule has 7 heteroatoms. The zero-order valence-corrected chi connectivity index (χ0v) is 26.7. The lowest BCUT2D eigenvalue weighted by atomic mass is 9.44. The van der Waals surface area contributed by atoms with Gasteiger partial charge in [0.1, 0.15) is 6.04 Å². The molecule has 0 radical (unpaired) electrons. The third-order valence-electron chi connectivity index (χ3n) is 13.2. The summed E-state index contributed by atoms with van der Waals surface area (Å²) in [4.78, 5) is 15.5. The van der Waals surface area contributed by atoms with E-state index in [0.29, 0.717) is 29.7 Å². The number of nitrogens with zero attached hydrogens (tertiary/aromatic N) is 2. The Hall–Kier alpha value is -0.210. The summed E-state index contributed by atoms with van der Waals surface area (Å²) in [6.45, 7) is 13.2. The Bertz CT molecular complexity index is 876. The minimum absolute atomic E-state index is 0. The Morgan fingerprint density at radius 1 is 1.05 bits per heavy atom. The number of rotatable bonds is 5. The number of carbonyl (C=O) groups excluding carboxylic acids is 1. The van der Waals surface area contributed by atoms with E-state index in [9.17, 15) is 9.90 Å². The lowest BCUT2D eigenvalue weighted by Crippen LogP contribution is -3.00. The molecule has 0 aromatic carbocycles. The third-order valence-corrected chi connectivity index (χ3v) is 13.2. The zero-order valence-electron chi connectivity index (χ0n) is 25.1. The molecule has 10 atom stereocenters. The van der Waals surface area contributed by atoms with E-state index in [1.165, 1.54) is 58.0 Å². The Kier molecular flexibility index (Phi) is 8.89. The molecule has 6 rings (SSSR count). The number of likely N-dealkylation sites (N-methyl/N-ethyl adjacent to an activating group) is 1. The second kappa shape index (κ2) is 11.5. The van der Waals surface area contributed by atoms with E-state index >= 15 is 0 Å². The molecule has 4 aliphatic carbocycles. The number of fused-ring (bicyclic) bond motifs is 5. The molecule has 2 saturated heterocycles. The number of likely N-dealkylation sites (tertiary alicyclic amines) is 1. The predicted molar refractivity (Wildman–Crippen MR) is 148 cm³/mol. The SMILES string of the molecule is CCCC(=O)OC1C([N+]2(C)CCCC2)C[C@H]2[C@@H]3CCC4CC(O)C(N5CCOCC5)C[C@]4(C)[C@@H]3CC[C@]12C.[Br-]. The molecule has 224 valence electrons. The highest BCUT2D eigenvalue weighted by molar-refractivity contribution is 5.69. The number of hydrogen-bond donors (Lipinski definition) is 1. The number of hydrogen-bond acceptors (Lipinski definition) is 5. The van der Waals surface area contributed by atoms with Crippen LogP contribution in [0.4, 0.5) is 0 Å². The number of carbonyl (C=O) groups is 1. The number of esters is 1. The summed E-state index contributed by atoms with van der Waals surface area (Å²) in [5.74, 6) is 2.77. The molecule has 0 amide bonds. The molecule has 6 aliphatic rings. The fourth-order valence-corrected chi connectivity index (χ4v) is 11.1. The van der Waals surface area contributed by atoms with Crippen molar-refractivity contribution >= 4 is 5.97 Å². The first kappa shape index (κ1) is 30.3. The van der Waals surface area contributed by atoms with E-state index in [4.69, 9.17) is 9.47 Å². The predicted octanol–water partition coefficient (Wildman–Crippen LogP) is 1.64. The summed E-state index contributed by atoms with van der Waals surface area (Å²) in [6.07, 6.45) is 12.2. The quantitative estimate of drug-likeness (QED) is 0.379. The van der Waals surface area contributed by atoms with Gasteiger partial charge < -0.3 is 36.0 Å². The van der Waals surface area contributed by atoms with E-state index in [-0.39, 0.29) is 46.6 Å². The largest absolute Gasteiger partial charge is 1.00 e. The molecule has 0 bridgehead atoms. The highest BCUT2D eigenvalue weighted by Gasteiger charge is 2.67. The minimum atomic E-state index is -0.200. The van der Waals surface area contributed by atoms with E-state index in [1.807, 2.05) is 0 Å². The maximum atomic E-state index is 13.0. The molecule has 0 aromatic heterocycles. The van der Waals surface area contributed by atoms with Crippen molar-refractivity contribution in [2.75, 3.05) is 46.4 Å². The number of halogens is 1. The van der Waals surface area contributed by atoms with E-state index < -0.39 is 0 Å². The van der Waals surface area contributed by atoms with Gasteiger partial charge in [0.15, 0.2) is 6.10 Å². The van der Waals surface area contributed by atoms with Gasteiger partial charge in [-0.1, -0.05) is 20.8 Å². The van der Waals surface area contributed by atoms with Crippen LogP contribution >= 0.6 is 0 Å². The lowest BCUT2D eigenvalue weighted by Gasteiger charge is -2.62. The van der Waals surface area contributed by atoms with Gasteiger partial charge >= 0.3 is 5.97 Å². The molecule has 5 unspecified atom stereocenters. The topological polar surface area (TPSA) is 59.0 Å². The molecule has 6 fully saturated rings. The molecular formula is C32H55BrN2O4. The number of ether oxygens (including phenoxy) is 2. The minimum Gasteiger partial charge on any atom is -1.00 e. The van der Waals surface area contributed by atoms with Gasteiger partial charge in [-0.05, 0) is 74.0 Å². The lowest BCUT2D eigenvalue weighted by molar-refractivity contribution is -0.924. The van der Waals surface area contributed by atoms with Crippen LogP contribution in [-0.4, -0.2) is 91.2 Å². The summed E-state index contributed by atoms with van der Waals surface area (Å²) in [7, 11) is 2.46. The highest BCUT2D eigenvalue weighted by atomic mass is 79.9. The van der Waals surface area contributed by atoms with Crippen LogP contribution in [0.3, 0.4) is 0 Å². The second-order valence-corrected chi connectivity index (χ2v) is 15.0. The van der Waals surface area contributed by atoms with Crippen molar-refractivity contribution in [3.63, 3.8) is 0 Å².